The Morgan fingerprint density at radius 2 is 2.14 bits per heavy atom. The summed E-state index contributed by atoms with van der Waals surface area (Å²) >= 11 is 0. The first-order valence-corrected chi connectivity index (χ1v) is 8.89. The average molecular weight is 382 g/mol. The molecule has 28 heavy (non-hydrogen) atoms. The van der Waals surface area contributed by atoms with Crippen molar-refractivity contribution in [2.45, 2.75) is 18.4 Å². The molecule has 9 heteroatoms. The van der Waals surface area contributed by atoms with Gasteiger partial charge in [0, 0.05) is 30.1 Å². The number of allylic oxidation sites excluding steroid dienone is 3. The van der Waals surface area contributed by atoms with E-state index in [0.29, 0.717) is 29.0 Å². The van der Waals surface area contributed by atoms with E-state index in [-0.39, 0.29) is 29.1 Å². The van der Waals surface area contributed by atoms with Gasteiger partial charge in [-0.3, -0.25) is 9.48 Å². The Balaban J connectivity index is 1.76. The molecule has 3 atom stereocenters. The molecular formula is C19H16F2N6O. The predicted octanol–water partition coefficient (Wildman–Crippen LogP) is 2.55. The van der Waals surface area contributed by atoms with Gasteiger partial charge in [0.2, 0.25) is 0 Å². The smallest absolute Gasteiger partial charge is 0.272 e. The molecule has 142 valence electrons. The van der Waals surface area contributed by atoms with E-state index >= 15 is 0 Å². The molecule has 2 aromatic heterocycles. The van der Waals surface area contributed by atoms with E-state index in [2.05, 4.69) is 25.6 Å². The predicted molar refractivity (Wildman–Crippen MR) is 99.0 cm³/mol. The van der Waals surface area contributed by atoms with E-state index in [1.807, 2.05) is 0 Å². The first kappa shape index (κ1) is 16.8. The molecule has 2 N–H and O–H groups in total. The van der Waals surface area contributed by atoms with Gasteiger partial charge in [0.1, 0.15) is 23.8 Å². The van der Waals surface area contributed by atoms with Gasteiger partial charge in [0.15, 0.2) is 0 Å². The summed E-state index contributed by atoms with van der Waals surface area (Å²) in [4.78, 5) is 16.6. The van der Waals surface area contributed by atoms with Gasteiger partial charge in [-0.05, 0) is 30.7 Å². The fourth-order valence-electron chi connectivity index (χ4n) is 4.16. The van der Waals surface area contributed by atoms with Gasteiger partial charge in [0.05, 0.1) is 17.0 Å². The fraction of sp³-hybridized carbons (Fsp3) is 0.263. The molecule has 0 bridgehead atoms. The van der Waals surface area contributed by atoms with Crippen LogP contribution in [-0.4, -0.2) is 31.0 Å². The minimum Gasteiger partial charge on any atom is -0.380 e. The van der Waals surface area contributed by atoms with Crippen molar-refractivity contribution in [3.05, 3.63) is 70.2 Å². The number of anilines is 1. The maximum absolute atomic E-state index is 14.2. The lowest BCUT2D eigenvalue weighted by Gasteiger charge is -2.37. The number of aromatic amines is 1. The molecule has 1 aliphatic carbocycles. The highest BCUT2D eigenvalue weighted by Gasteiger charge is 2.40. The molecule has 7 nitrogen and oxygen atoms in total. The van der Waals surface area contributed by atoms with Gasteiger partial charge in [-0.15, -0.1) is 0 Å². The topological polar surface area (TPSA) is 88.5 Å². The van der Waals surface area contributed by atoms with Crippen LogP contribution in [0.15, 0.2) is 47.3 Å². The number of benzene rings is 1. The Hall–Kier alpha value is -3.36. The van der Waals surface area contributed by atoms with Crippen molar-refractivity contribution in [3.63, 3.8) is 0 Å². The Labute approximate surface area is 157 Å². The highest BCUT2D eigenvalue weighted by Crippen LogP contribution is 2.43. The van der Waals surface area contributed by atoms with Gasteiger partial charge in [-0.25, -0.2) is 18.9 Å². The van der Waals surface area contributed by atoms with E-state index < -0.39 is 11.4 Å². The van der Waals surface area contributed by atoms with Crippen molar-refractivity contribution in [1.29, 1.82) is 0 Å². The second kappa shape index (κ2) is 6.08. The SMILES string of the molecule is Cn1ncnc1[C@H]1c2n[nH]c(=O)c3cc(F)cc(c23)N[C@@H]1C1C=CC(F)=CC1. The van der Waals surface area contributed by atoms with Crippen LogP contribution < -0.4 is 10.9 Å². The number of rotatable bonds is 2. The molecule has 1 unspecified atom stereocenters. The molecular weight excluding hydrogens is 366 g/mol. The lowest BCUT2D eigenvalue weighted by Crippen LogP contribution is -2.40. The summed E-state index contributed by atoms with van der Waals surface area (Å²) in [6.45, 7) is 0. The summed E-state index contributed by atoms with van der Waals surface area (Å²) in [7, 11) is 1.78. The second-order valence-electron chi connectivity index (χ2n) is 7.05. The van der Waals surface area contributed by atoms with Gasteiger partial charge < -0.3 is 5.32 Å². The van der Waals surface area contributed by atoms with Crippen LogP contribution in [0.3, 0.4) is 0 Å². The first-order chi connectivity index (χ1) is 13.5. The Morgan fingerprint density at radius 3 is 2.86 bits per heavy atom. The van der Waals surface area contributed by atoms with Crippen molar-refractivity contribution < 1.29 is 8.78 Å². The molecule has 1 aromatic carbocycles. The van der Waals surface area contributed by atoms with Crippen molar-refractivity contribution in [2.75, 3.05) is 5.32 Å². The third-order valence-electron chi connectivity index (χ3n) is 5.43. The number of halogens is 2. The summed E-state index contributed by atoms with van der Waals surface area (Å²) in [6, 6.07) is 2.28. The zero-order valence-corrected chi connectivity index (χ0v) is 14.9. The third kappa shape index (κ3) is 2.46. The lowest BCUT2D eigenvalue weighted by molar-refractivity contribution is 0.446. The molecule has 1 aliphatic heterocycles. The van der Waals surface area contributed by atoms with Crippen LogP contribution in [0.2, 0.25) is 0 Å². The van der Waals surface area contributed by atoms with Crippen LogP contribution in [-0.2, 0) is 7.05 Å². The maximum Gasteiger partial charge on any atom is 0.272 e. The maximum atomic E-state index is 14.2. The number of nitrogens with zero attached hydrogens (tertiary/aromatic N) is 4. The van der Waals surface area contributed by atoms with Crippen LogP contribution in [0.1, 0.15) is 23.9 Å². The molecule has 2 aliphatic rings. The molecule has 0 fully saturated rings. The lowest BCUT2D eigenvalue weighted by atomic mass is 9.78. The van der Waals surface area contributed by atoms with E-state index in [1.54, 1.807) is 17.8 Å². The Morgan fingerprint density at radius 1 is 1.29 bits per heavy atom. The molecule has 0 spiro atoms. The quantitative estimate of drug-likeness (QED) is 0.711. The third-order valence-corrected chi connectivity index (χ3v) is 5.43. The van der Waals surface area contributed by atoms with Crippen molar-refractivity contribution in [1.82, 2.24) is 25.0 Å². The molecule has 0 saturated carbocycles. The van der Waals surface area contributed by atoms with Gasteiger partial charge in [0.25, 0.3) is 5.56 Å². The van der Waals surface area contributed by atoms with Crippen molar-refractivity contribution in [2.24, 2.45) is 13.0 Å². The number of nitrogens with one attached hydrogen (secondary N) is 2. The van der Waals surface area contributed by atoms with Crippen LogP contribution >= 0.6 is 0 Å². The largest absolute Gasteiger partial charge is 0.380 e. The zero-order valence-electron chi connectivity index (χ0n) is 14.9. The second-order valence-corrected chi connectivity index (χ2v) is 7.05. The molecule has 3 aromatic rings. The van der Waals surface area contributed by atoms with E-state index in [0.717, 1.165) is 0 Å². The van der Waals surface area contributed by atoms with Crippen molar-refractivity contribution >= 4 is 16.5 Å². The zero-order chi connectivity index (χ0) is 19.4. The van der Waals surface area contributed by atoms with Crippen LogP contribution in [0, 0.1) is 11.7 Å². The number of hydrogen-bond acceptors (Lipinski definition) is 5. The molecule has 0 amide bonds. The van der Waals surface area contributed by atoms with E-state index in [9.17, 15) is 13.6 Å². The normalized spacial score (nSPS) is 23.5. The van der Waals surface area contributed by atoms with Gasteiger partial charge >= 0.3 is 0 Å². The summed E-state index contributed by atoms with van der Waals surface area (Å²) in [5.41, 5.74) is 0.627. The number of hydrogen-bond donors (Lipinski definition) is 2. The highest BCUT2D eigenvalue weighted by atomic mass is 19.1. The van der Waals surface area contributed by atoms with Crippen molar-refractivity contribution in [3.8, 4) is 0 Å². The number of aryl methyl sites for hydroxylation is 1. The minimum absolute atomic E-state index is 0.0820. The average Bonchev–Trinajstić information content (AvgIpc) is 3.10. The first-order valence-electron chi connectivity index (χ1n) is 8.89. The standard InChI is InChI=1S/C19H16F2N6O/c1-27-18(22-8-23-27)15-16(9-2-4-10(20)5-3-9)24-13-7-11(21)6-12-14(13)17(15)25-26-19(12)28/h2,4-9,15-16,24H,3H2,1H3,(H,26,28)/t9?,15-,16-/m1/s1. The molecule has 3 heterocycles. The molecule has 0 saturated heterocycles. The Kier molecular flexibility index (Phi) is 3.65. The van der Waals surface area contributed by atoms with Crippen LogP contribution in [0.5, 0.6) is 0 Å². The Bertz CT molecular complexity index is 1210. The highest BCUT2D eigenvalue weighted by molar-refractivity contribution is 5.97. The minimum atomic E-state index is -0.515. The fourth-order valence-corrected chi connectivity index (χ4v) is 4.16. The monoisotopic (exact) mass is 382 g/mol. The molecule has 5 rings (SSSR count). The van der Waals surface area contributed by atoms with Gasteiger partial charge in [-0.1, -0.05) is 6.08 Å². The van der Waals surface area contributed by atoms with Crippen LogP contribution in [0.4, 0.5) is 14.5 Å². The van der Waals surface area contributed by atoms with E-state index in [4.69, 9.17) is 0 Å². The summed E-state index contributed by atoms with van der Waals surface area (Å²) < 4.78 is 29.3. The molecule has 0 radical (unpaired) electrons. The summed E-state index contributed by atoms with van der Waals surface area (Å²) in [6.07, 6.45) is 6.68. The number of H-pyrrole nitrogens is 1. The number of aromatic nitrogens is 5. The van der Waals surface area contributed by atoms with E-state index in [1.165, 1.54) is 30.6 Å². The van der Waals surface area contributed by atoms with Crippen LogP contribution in [0.25, 0.3) is 10.8 Å². The summed E-state index contributed by atoms with van der Waals surface area (Å²) in [5, 5.41) is 15.1. The van der Waals surface area contributed by atoms with Gasteiger partial charge in [-0.2, -0.15) is 10.2 Å². The summed E-state index contributed by atoms with van der Waals surface area (Å²) in [5.74, 6) is -0.593.